The van der Waals surface area contributed by atoms with Crippen molar-refractivity contribution in [1.29, 1.82) is 0 Å². The molecule has 2 N–H and O–H groups in total. The first-order chi connectivity index (χ1) is 4.38. The van der Waals surface area contributed by atoms with Gasteiger partial charge in [-0.15, -0.1) is 24.8 Å². The Balaban J connectivity index is 0.000000500. The molecule has 2 saturated carbocycles. The van der Waals surface area contributed by atoms with Crippen molar-refractivity contribution >= 4 is 24.8 Å². The Bertz CT molecular complexity index is 119. The summed E-state index contributed by atoms with van der Waals surface area (Å²) in [6, 6.07) is 0.567. The molecule has 0 bridgehead atoms. The minimum Gasteiger partial charge on any atom is -0.327 e. The van der Waals surface area contributed by atoms with Gasteiger partial charge in [0, 0.05) is 6.04 Å². The standard InChI is InChI=1S/C8H15N.2ClH/c9-8-5-4-6-2-1-3-7(6)8;;/h6-8H,1-5,9H2;2*1H. The summed E-state index contributed by atoms with van der Waals surface area (Å²) in [6.07, 6.45) is 7.06. The largest absolute Gasteiger partial charge is 0.327 e. The third-order valence-corrected chi connectivity index (χ3v) is 3.14. The fourth-order valence-electron chi connectivity index (χ4n) is 2.61. The van der Waals surface area contributed by atoms with E-state index in [0.29, 0.717) is 6.04 Å². The lowest BCUT2D eigenvalue weighted by Gasteiger charge is -2.11. The van der Waals surface area contributed by atoms with Gasteiger partial charge in [-0.25, -0.2) is 0 Å². The van der Waals surface area contributed by atoms with Crippen molar-refractivity contribution in [3.05, 3.63) is 0 Å². The number of rotatable bonds is 0. The van der Waals surface area contributed by atoms with Gasteiger partial charge in [0.05, 0.1) is 0 Å². The number of fused-ring (bicyclic) bond motifs is 1. The fourth-order valence-corrected chi connectivity index (χ4v) is 2.61. The van der Waals surface area contributed by atoms with Gasteiger partial charge in [0.25, 0.3) is 0 Å². The first-order valence-corrected chi connectivity index (χ1v) is 4.13. The molecule has 0 radical (unpaired) electrons. The molecule has 0 amide bonds. The molecule has 0 spiro atoms. The van der Waals surface area contributed by atoms with E-state index in [0.717, 1.165) is 11.8 Å². The monoisotopic (exact) mass is 197 g/mol. The van der Waals surface area contributed by atoms with E-state index in [9.17, 15) is 0 Å². The molecule has 3 atom stereocenters. The molecule has 1 nitrogen and oxygen atoms in total. The predicted octanol–water partition coefficient (Wildman–Crippen LogP) is 2.37. The van der Waals surface area contributed by atoms with E-state index in [-0.39, 0.29) is 24.8 Å². The number of nitrogens with two attached hydrogens (primary N) is 1. The Morgan fingerprint density at radius 3 is 2.27 bits per heavy atom. The van der Waals surface area contributed by atoms with Gasteiger partial charge in [-0.1, -0.05) is 12.8 Å². The zero-order valence-electron chi connectivity index (χ0n) is 6.66. The molecular weight excluding hydrogens is 181 g/mol. The van der Waals surface area contributed by atoms with Crippen molar-refractivity contribution in [3.8, 4) is 0 Å². The first-order valence-electron chi connectivity index (χ1n) is 4.13. The Morgan fingerprint density at radius 1 is 0.909 bits per heavy atom. The quantitative estimate of drug-likeness (QED) is 0.635. The molecule has 2 fully saturated rings. The first kappa shape index (κ1) is 11.5. The van der Waals surface area contributed by atoms with E-state index in [2.05, 4.69) is 0 Å². The van der Waals surface area contributed by atoms with Gasteiger partial charge in [-0.05, 0) is 31.1 Å². The molecule has 2 aliphatic carbocycles. The molecule has 0 aromatic heterocycles. The second kappa shape index (κ2) is 4.54. The van der Waals surface area contributed by atoms with E-state index >= 15 is 0 Å². The van der Waals surface area contributed by atoms with Crippen molar-refractivity contribution in [2.45, 2.75) is 38.1 Å². The topological polar surface area (TPSA) is 26.0 Å². The number of hydrogen-bond acceptors (Lipinski definition) is 1. The van der Waals surface area contributed by atoms with Gasteiger partial charge in [0.1, 0.15) is 0 Å². The highest BCUT2D eigenvalue weighted by atomic mass is 35.5. The highest BCUT2D eigenvalue weighted by molar-refractivity contribution is 5.85. The summed E-state index contributed by atoms with van der Waals surface area (Å²) in [4.78, 5) is 0. The zero-order chi connectivity index (χ0) is 6.27. The van der Waals surface area contributed by atoms with Crippen LogP contribution in [0.2, 0.25) is 0 Å². The highest BCUT2D eigenvalue weighted by Gasteiger charge is 2.36. The van der Waals surface area contributed by atoms with Gasteiger partial charge in [0.2, 0.25) is 0 Å². The van der Waals surface area contributed by atoms with Crippen LogP contribution >= 0.6 is 24.8 Å². The second-order valence-electron chi connectivity index (χ2n) is 3.60. The average molecular weight is 198 g/mol. The van der Waals surface area contributed by atoms with Crippen LogP contribution in [0.1, 0.15) is 32.1 Å². The lowest BCUT2D eigenvalue weighted by atomic mass is 9.98. The van der Waals surface area contributed by atoms with Crippen LogP contribution in [-0.2, 0) is 0 Å². The van der Waals surface area contributed by atoms with Gasteiger partial charge in [0.15, 0.2) is 0 Å². The average Bonchev–Trinajstić information content (AvgIpc) is 2.35. The van der Waals surface area contributed by atoms with E-state index in [1.165, 1.54) is 32.1 Å². The van der Waals surface area contributed by atoms with Crippen molar-refractivity contribution in [1.82, 2.24) is 0 Å². The maximum Gasteiger partial charge on any atom is 0.00699 e. The minimum atomic E-state index is 0. The third-order valence-electron chi connectivity index (χ3n) is 3.14. The molecule has 2 aliphatic rings. The molecule has 0 aromatic carbocycles. The third kappa shape index (κ3) is 2.01. The zero-order valence-corrected chi connectivity index (χ0v) is 8.29. The van der Waals surface area contributed by atoms with Crippen molar-refractivity contribution < 1.29 is 0 Å². The van der Waals surface area contributed by atoms with Crippen LogP contribution in [0.3, 0.4) is 0 Å². The van der Waals surface area contributed by atoms with E-state index in [1.807, 2.05) is 0 Å². The lowest BCUT2D eigenvalue weighted by molar-refractivity contribution is 0.421. The van der Waals surface area contributed by atoms with Crippen molar-refractivity contribution in [3.63, 3.8) is 0 Å². The lowest BCUT2D eigenvalue weighted by Crippen LogP contribution is -2.24. The van der Waals surface area contributed by atoms with E-state index in [4.69, 9.17) is 5.73 Å². The normalized spacial score (nSPS) is 40.6. The SMILES string of the molecule is Cl.Cl.NC1CCC2CCCC12. The summed E-state index contributed by atoms with van der Waals surface area (Å²) in [6.45, 7) is 0. The molecule has 0 heterocycles. The van der Waals surface area contributed by atoms with Gasteiger partial charge < -0.3 is 5.73 Å². The van der Waals surface area contributed by atoms with Gasteiger partial charge in [-0.2, -0.15) is 0 Å². The Kier molecular flexibility index (Phi) is 4.76. The van der Waals surface area contributed by atoms with Crippen LogP contribution in [0.15, 0.2) is 0 Å². The van der Waals surface area contributed by atoms with Crippen molar-refractivity contribution in [2.75, 3.05) is 0 Å². The fraction of sp³-hybridized carbons (Fsp3) is 1.00. The molecule has 68 valence electrons. The molecular formula is C8H17Cl2N. The summed E-state index contributed by atoms with van der Waals surface area (Å²) >= 11 is 0. The Hall–Kier alpha value is 0.540. The number of hydrogen-bond donors (Lipinski definition) is 1. The minimum absolute atomic E-state index is 0. The maximum atomic E-state index is 5.92. The molecule has 11 heavy (non-hydrogen) atoms. The summed E-state index contributed by atoms with van der Waals surface area (Å²) in [5.74, 6) is 1.95. The van der Waals surface area contributed by atoms with Gasteiger partial charge >= 0.3 is 0 Å². The van der Waals surface area contributed by atoms with E-state index < -0.39 is 0 Å². The smallest absolute Gasteiger partial charge is 0.00699 e. The Morgan fingerprint density at radius 2 is 1.64 bits per heavy atom. The van der Waals surface area contributed by atoms with Crippen LogP contribution < -0.4 is 5.73 Å². The van der Waals surface area contributed by atoms with Crippen LogP contribution in [-0.4, -0.2) is 6.04 Å². The molecule has 0 aliphatic heterocycles. The number of halogens is 2. The van der Waals surface area contributed by atoms with Crippen LogP contribution in [0.5, 0.6) is 0 Å². The molecule has 0 saturated heterocycles. The Labute approximate surface area is 80.9 Å². The summed E-state index contributed by atoms with van der Waals surface area (Å²) in [7, 11) is 0. The summed E-state index contributed by atoms with van der Waals surface area (Å²) in [5.41, 5.74) is 5.92. The van der Waals surface area contributed by atoms with E-state index in [1.54, 1.807) is 0 Å². The summed E-state index contributed by atoms with van der Waals surface area (Å²) < 4.78 is 0. The summed E-state index contributed by atoms with van der Waals surface area (Å²) in [5, 5.41) is 0. The maximum absolute atomic E-state index is 5.92. The highest BCUT2D eigenvalue weighted by Crippen LogP contribution is 2.42. The van der Waals surface area contributed by atoms with Crippen LogP contribution in [0.25, 0.3) is 0 Å². The second-order valence-corrected chi connectivity index (χ2v) is 3.60. The molecule has 0 aromatic rings. The predicted molar refractivity (Wildman–Crippen MR) is 52.5 cm³/mol. The van der Waals surface area contributed by atoms with Crippen molar-refractivity contribution in [2.24, 2.45) is 17.6 Å². The molecule has 2 rings (SSSR count). The van der Waals surface area contributed by atoms with Gasteiger partial charge in [-0.3, -0.25) is 0 Å². The van der Waals surface area contributed by atoms with Crippen LogP contribution in [0, 0.1) is 11.8 Å². The van der Waals surface area contributed by atoms with Crippen LogP contribution in [0.4, 0.5) is 0 Å². The molecule has 3 unspecified atom stereocenters. The molecule has 3 heteroatoms.